The number of halogens is 2. The summed E-state index contributed by atoms with van der Waals surface area (Å²) in [7, 11) is 0. The van der Waals surface area contributed by atoms with E-state index in [0.29, 0.717) is 31.9 Å². The van der Waals surface area contributed by atoms with Crippen LogP contribution in [0.25, 0.3) is 0 Å². The summed E-state index contributed by atoms with van der Waals surface area (Å²) >= 11 is 0. The quantitative estimate of drug-likeness (QED) is 0.849. The van der Waals surface area contributed by atoms with Gasteiger partial charge in [0.1, 0.15) is 5.82 Å². The number of piperazine rings is 1. The van der Waals surface area contributed by atoms with Crippen molar-refractivity contribution >= 4 is 18.3 Å². The Morgan fingerprint density at radius 2 is 2.04 bits per heavy atom. The van der Waals surface area contributed by atoms with Crippen molar-refractivity contribution in [3.8, 4) is 0 Å². The molecule has 1 aromatic heterocycles. The molecule has 1 saturated heterocycles. The third-order valence-corrected chi connectivity index (χ3v) is 4.96. The molecule has 2 aliphatic heterocycles. The number of fused-ring (bicyclic) bond motifs is 1. The number of H-pyrrole nitrogens is 1. The van der Waals surface area contributed by atoms with Crippen molar-refractivity contribution in [3.05, 3.63) is 52.6 Å². The molecule has 1 aromatic carbocycles. The Labute approximate surface area is 158 Å². The topological polar surface area (TPSA) is 64.3 Å². The van der Waals surface area contributed by atoms with Gasteiger partial charge in [-0.2, -0.15) is 5.10 Å². The van der Waals surface area contributed by atoms with Crippen molar-refractivity contribution in [1.82, 2.24) is 25.3 Å². The molecule has 8 heteroatoms. The lowest BCUT2D eigenvalue weighted by molar-refractivity contribution is 0.0621. The highest BCUT2D eigenvalue weighted by atomic mass is 35.5. The van der Waals surface area contributed by atoms with Gasteiger partial charge in [0.15, 0.2) is 5.69 Å². The minimum Gasteiger partial charge on any atom is -0.335 e. The maximum Gasteiger partial charge on any atom is 0.274 e. The lowest BCUT2D eigenvalue weighted by Crippen LogP contribution is -2.48. The maximum atomic E-state index is 13.3. The van der Waals surface area contributed by atoms with E-state index >= 15 is 0 Å². The Morgan fingerprint density at radius 3 is 2.81 bits per heavy atom. The molecule has 0 aliphatic carbocycles. The lowest BCUT2D eigenvalue weighted by atomic mass is 10.1. The summed E-state index contributed by atoms with van der Waals surface area (Å²) in [6.45, 7) is 5.24. The van der Waals surface area contributed by atoms with Crippen LogP contribution in [-0.2, 0) is 19.5 Å². The molecule has 2 aromatic rings. The highest BCUT2D eigenvalue weighted by Crippen LogP contribution is 2.18. The monoisotopic (exact) mass is 379 g/mol. The molecule has 0 unspecified atom stereocenters. The fourth-order valence-electron chi connectivity index (χ4n) is 3.55. The molecule has 0 radical (unpaired) electrons. The summed E-state index contributed by atoms with van der Waals surface area (Å²) in [5.41, 5.74) is 3.61. The van der Waals surface area contributed by atoms with Crippen LogP contribution in [0.5, 0.6) is 0 Å². The molecule has 2 aliphatic rings. The number of hydrogen-bond donors (Lipinski definition) is 2. The minimum atomic E-state index is -0.205. The molecule has 2 N–H and O–H groups in total. The number of aromatic amines is 1. The van der Waals surface area contributed by atoms with E-state index in [9.17, 15) is 9.18 Å². The van der Waals surface area contributed by atoms with E-state index in [1.165, 1.54) is 6.07 Å². The molecule has 140 valence electrons. The third-order valence-electron chi connectivity index (χ3n) is 4.96. The number of carbonyl (C=O) groups excluding carboxylic acids is 1. The fourth-order valence-corrected chi connectivity index (χ4v) is 3.55. The van der Waals surface area contributed by atoms with E-state index < -0.39 is 0 Å². The molecule has 6 nitrogen and oxygen atoms in total. The summed E-state index contributed by atoms with van der Waals surface area (Å²) in [5, 5.41) is 10.6. The van der Waals surface area contributed by atoms with Crippen LogP contribution in [0.4, 0.5) is 4.39 Å². The Bertz CT molecular complexity index is 773. The SMILES string of the molecule is Cl.O=C(c1n[nH]c2c1CNCC2)N1CCN(Cc2cccc(F)c2)CC1. The minimum absolute atomic E-state index is 0. The average Bonchev–Trinajstić information content (AvgIpc) is 3.06. The van der Waals surface area contributed by atoms with Gasteiger partial charge in [0.25, 0.3) is 5.91 Å². The van der Waals surface area contributed by atoms with Crippen LogP contribution in [0.1, 0.15) is 27.3 Å². The first kappa shape index (κ1) is 18.8. The second kappa shape index (κ2) is 8.16. The van der Waals surface area contributed by atoms with Gasteiger partial charge < -0.3 is 10.2 Å². The van der Waals surface area contributed by atoms with Crippen molar-refractivity contribution in [2.45, 2.75) is 19.5 Å². The van der Waals surface area contributed by atoms with Gasteiger partial charge in [0.2, 0.25) is 0 Å². The summed E-state index contributed by atoms with van der Waals surface area (Å²) in [6, 6.07) is 6.70. The first-order valence-corrected chi connectivity index (χ1v) is 8.73. The number of benzene rings is 1. The van der Waals surface area contributed by atoms with E-state index in [1.807, 2.05) is 11.0 Å². The molecule has 26 heavy (non-hydrogen) atoms. The molecular weight excluding hydrogens is 357 g/mol. The summed E-state index contributed by atoms with van der Waals surface area (Å²) < 4.78 is 13.3. The van der Waals surface area contributed by atoms with Crippen LogP contribution in [0.3, 0.4) is 0 Å². The second-order valence-corrected chi connectivity index (χ2v) is 6.65. The van der Waals surface area contributed by atoms with Crippen molar-refractivity contribution < 1.29 is 9.18 Å². The summed E-state index contributed by atoms with van der Waals surface area (Å²) in [4.78, 5) is 16.9. The zero-order valence-electron chi connectivity index (χ0n) is 14.5. The van der Waals surface area contributed by atoms with Crippen LogP contribution in [0, 0.1) is 5.82 Å². The van der Waals surface area contributed by atoms with E-state index in [-0.39, 0.29) is 24.1 Å². The molecule has 0 bridgehead atoms. The summed E-state index contributed by atoms with van der Waals surface area (Å²) in [5.74, 6) is -0.199. The number of carbonyl (C=O) groups is 1. The smallest absolute Gasteiger partial charge is 0.274 e. The van der Waals surface area contributed by atoms with Gasteiger partial charge in [-0.1, -0.05) is 12.1 Å². The Kier molecular flexibility index (Phi) is 5.90. The van der Waals surface area contributed by atoms with Crippen molar-refractivity contribution in [2.75, 3.05) is 32.7 Å². The molecular formula is C18H23ClFN5O. The summed E-state index contributed by atoms with van der Waals surface area (Å²) in [6.07, 6.45) is 0.886. The van der Waals surface area contributed by atoms with Gasteiger partial charge in [0.05, 0.1) is 0 Å². The van der Waals surface area contributed by atoms with Gasteiger partial charge >= 0.3 is 0 Å². The van der Waals surface area contributed by atoms with Gasteiger partial charge in [-0.15, -0.1) is 12.4 Å². The zero-order valence-corrected chi connectivity index (χ0v) is 15.3. The van der Waals surface area contributed by atoms with Crippen LogP contribution < -0.4 is 5.32 Å². The highest BCUT2D eigenvalue weighted by molar-refractivity contribution is 5.94. The Morgan fingerprint density at radius 1 is 1.23 bits per heavy atom. The molecule has 1 amide bonds. The molecule has 0 atom stereocenters. The van der Waals surface area contributed by atoms with E-state index in [4.69, 9.17) is 0 Å². The number of aromatic nitrogens is 2. The number of rotatable bonds is 3. The zero-order chi connectivity index (χ0) is 17.2. The van der Waals surface area contributed by atoms with Crippen molar-refractivity contribution in [2.24, 2.45) is 0 Å². The van der Waals surface area contributed by atoms with Gasteiger partial charge in [0, 0.05) is 63.5 Å². The Hall–Kier alpha value is -1.96. The largest absolute Gasteiger partial charge is 0.335 e. The first-order valence-electron chi connectivity index (χ1n) is 8.73. The van der Waals surface area contributed by atoms with Gasteiger partial charge in [-0.05, 0) is 17.7 Å². The van der Waals surface area contributed by atoms with Crippen LogP contribution in [-0.4, -0.2) is 58.6 Å². The first-order chi connectivity index (χ1) is 12.2. The number of amides is 1. The number of nitrogens with zero attached hydrogens (tertiary/aromatic N) is 3. The molecule has 3 heterocycles. The average molecular weight is 380 g/mol. The number of nitrogens with one attached hydrogen (secondary N) is 2. The normalized spacial score (nSPS) is 17.5. The molecule has 4 rings (SSSR count). The second-order valence-electron chi connectivity index (χ2n) is 6.65. The lowest BCUT2D eigenvalue weighted by Gasteiger charge is -2.34. The Balaban J connectivity index is 0.00000196. The third kappa shape index (κ3) is 3.90. The van der Waals surface area contributed by atoms with Crippen LogP contribution >= 0.6 is 12.4 Å². The van der Waals surface area contributed by atoms with Crippen molar-refractivity contribution in [1.29, 1.82) is 0 Å². The van der Waals surface area contributed by atoms with E-state index in [0.717, 1.165) is 42.9 Å². The molecule has 0 spiro atoms. The standard InChI is InChI=1S/C18H22FN5O.ClH/c19-14-3-1-2-13(10-14)12-23-6-8-24(9-7-23)18(25)17-15-11-20-5-4-16(15)21-22-17;/h1-3,10,20H,4-9,11-12H2,(H,21,22);1H. The maximum absolute atomic E-state index is 13.3. The van der Waals surface area contributed by atoms with E-state index in [1.54, 1.807) is 12.1 Å². The fraction of sp³-hybridized carbons (Fsp3) is 0.444. The van der Waals surface area contributed by atoms with E-state index in [2.05, 4.69) is 20.4 Å². The van der Waals surface area contributed by atoms with Gasteiger partial charge in [-0.25, -0.2) is 4.39 Å². The highest BCUT2D eigenvalue weighted by Gasteiger charge is 2.28. The predicted molar refractivity (Wildman–Crippen MR) is 98.8 cm³/mol. The van der Waals surface area contributed by atoms with Crippen LogP contribution in [0.15, 0.2) is 24.3 Å². The van der Waals surface area contributed by atoms with Crippen LogP contribution in [0.2, 0.25) is 0 Å². The predicted octanol–water partition coefficient (Wildman–Crippen LogP) is 1.57. The van der Waals surface area contributed by atoms with Crippen molar-refractivity contribution in [3.63, 3.8) is 0 Å². The molecule has 1 fully saturated rings. The molecule has 0 saturated carbocycles. The van der Waals surface area contributed by atoms with Gasteiger partial charge in [-0.3, -0.25) is 14.8 Å². The number of hydrogen-bond acceptors (Lipinski definition) is 4.